The van der Waals surface area contributed by atoms with E-state index in [1.807, 2.05) is 0 Å². The topological polar surface area (TPSA) is 40.5 Å². The summed E-state index contributed by atoms with van der Waals surface area (Å²) in [5, 5.41) is 25.8. The molecule has 0 spiro atoms. The Balaban J connectivity index is 1.78. The first-order chi connectivity index (χ1) is 16.8. The molecule has 0 bridgehead atoms. The molecule has 1 aliphatic rings. The van der Waals surface area contributed by atoms with E-state index in [-0.39, 0.29) is 0 Å². The number of phenolic OH excluding ortho intramolecular Hbond substituents is 2. The van der Waals surface area contributed by atoms with Crippen molar-refractivity contribution in [2.75, 3.05) is 0 Å². The third-order valence-electron chi connectivity index (χ3n) is 7.33. The molecule has 1 saturated carbocycles. The highest BCUT2D eigenvalue weighted by molar-refractivity contribution is 8.03. The van der Waals surface area contributed by atoms with Crippen molar-refractivity contribution in [3.8, 4) is 11.5 Å². The van der Waals surface area contributed by atoms with Gasteiger partial charge in [0.2, 0.25) is 0 Å². The summed E-state index contributed by atoms with van der Waals surface area (Å²) < 4.78 is 0. The molecule has 2 N–H and O–H groups in total. The molecular weight excluding hydrogens is 513 g/mol. The summed E-state index contributed by atoms with van der Waals surface area (Å²) in [5.74, 6) is 2.85. The third-order valence-corrected chi connectivity index (χ3v) is 14.4. The molecule has 3 rings (SSSR count). The van der Waals surface area contributed by atoms with Gasteiger partial charge in [0.15, 0.2) is 0 Å². The highest BCUT2D eigenvalue weighted by Crippen LogP contribution is 2.39. The van der Waals surface area contributed by atoms with Gasteiger partial charge in [-0.3, -0.25) is 0 Å². The molecule has 1 fully saturated rings. The van der Waals surface area contributed by atoms with E-state index in [1.165, 1.54) is 60.0 Å². The average Bonchev–Trinajstić information content (AvgIpc) is 2.75. The maximum atomic E-state index is 11.1. The highest BCUT2D eigenvalue weighted by atomic mass is 32.2. The first kappa shape index (κ1) is 29.7. The van der Waals surface area contributed by atoms with E-state index in [0.717, 1.165) is 22.6 Å². The van der Waals surface area contributed by atoms with E-state index in [9.17, 15) is 10.2 Å². The molecule has 0 aromatic heterocycles. The van der Waals surface area contributed by atoms with E-state index in [2.05, 4.69) is 101 Å². The average molecular weight is 561 g/mol. The summed E-state index contributed by atoms with van der Waals surface area (Å²) in [6.07, 6.45) is 7.75. The van der Waals surface area contributed by atoms with Crippen LogP contribution in [0, 0.1) is 13.8 Å². The van der Waals surface area contributed by atoms with Gasteiger partial charge in [0.1, 0.15) is 11.5 Å². The molecule has 0 aliphatic heterocycles. The smallest absolute Gasteiger partial charge is 0.118 e. The minimum atomic E-state index is -1.60. The summed E-state index contributed by atoms with van der Waals surface area (Å²) in [5.41, 5.74) is 4.74. The molecule has 1 aliphatic carbocycles. The van der Waals surface area contributed by atoms with Crippen LogP contribution in [0.5, 0.6) is 11.5 Å². The summed E-state index contributed by atoms with van der Waals surface area (Å²) in [4.78, 5) is 0. The molecule has 2 nitrogen and oxygen atoms in total. The van der Waals surface area contributed by atoms with E-state index in [4.69, 9.17) is 0 Å². The normalized spacial score (nSPS) is 19.7. The zero-order valence-corrected chi connectivity index (χ0v) is 27.5. The summed E-state index contributed by atoms with van der Waals surface area (Å²) >= 11 is 4.10. The fourth-order valence-electron chi connectivity index (χ4n) is 5.26. The van der Waals surface area contributed by atoms with E-state index >= 15 is 0 Å². The molecule has 0 saturated heterocycles. The molecule has 0 radical (unpaired) electrons. The van der Waals surface area contributed by atoms with Crippen molar-refractivity contribution in [2.45, 2.75) is 114 Å². The van der Waals surface area contributed by atoms with E-state index in [1.54, 1.807) is 0 Å². The maximum absolute atomic E-state index is 11.1. The van der Waals surface area contributed by atoms with Gasteiger partial charge < -0.3 is 10.2 Å². The minimum absolute atomic E-state index is 0.547. The summed E-state index contributed by atoms with van der Waals surface area (Å²) in [7, 11) is -3.20. The minimum Gasteiger partial charge on any atom is -0.508 e. The van der Waals surface area contributed by atoms with Crippen molar-refractivity contribution in [1.82, 2.24) is 0 Å². The number of phenols is 2. The Bertz CT molecular complexity index is 957. The Morgan fingerprint density at radius 1 is 0.639 bits per heavy atom. The van der Waals surface area contributed by atoms with Crippen LogP contribution in [0.2, 0.25) is 39.3 Å². The second-order valence-electron chi connectivity index (χ2n) is 12.8. The Labute approximate surface area is 231 Å². The third kappa shape index (κ3) is 7.84. The molecule has 0 unspecified atom stereocenters. The Morgan fingerprint density at radius 2 is 1.00 bits per heavy atom. The first-order valence-electron chi connectivity index (χ1n) is 13.7. The summed E-state index contributed by atoms with van der Waals surface area (Å²) in [6, 6.07) is 8.79. The molecule has 2 aromatic rings. The Hall–Kier alpha value is -0.826. The van der Waals surface area contributed by atoms with Crippen LogP contribution in [0.1, 0.15) is 60.8 Å². The Morgan fingerprint density at radius 3 is 1.33 bits per heavy atom. The van der Waals surface area contributed by atoms with Crippen LogP contribution in [-0.2, 0) is 11.5 Å². The molecule has 36 heavy (non-hydrogen) atoms. The largest absolute Gasteiger partial charge is 0.508 e. The maximum Gasteiger partial charge on any atom is 0.118 e. The lowest BCUT2D eigenvalue weighted by molar-refractivity contribution is 0.473. The van der Waals surface area contributed by atoms with Crippen molar-refractivity contribution in [1.29, 1.82) is 0 Å². The number of thioether (sulfide) groups is 2. The number of aryl methyl sites for hydroxylation is 2. The summed E-state index contributed by atoms with van der Waals surface area (Å²) in [6.45, 7) is 18.2. The quantitative estimate of drug-likeness (QED) is 0.320. The molecular formula is C30H48O2S2Si2. The molecule has 0 amide bonds. The van der Waals surface area contributed by atoms with E-state index < -0.39 is 16.1 Å². The van der Waals surface area contributed by atoms with E-state index in [0.29, 0.717) is 22.0 Å². The van der Waals surface area contributed by atoms with Crippen molar-refractivity contribution in [3.05, 3.63) is 46.5 Å². The van der Waals surface area contributed by atoms with Gasteiger partial charge in [-0.25, -0.2) is 0 Å². The van der Waals surface area contributed by atoms with Gasteiger partial charge in [0.05, 0.1) is 16.1 Å². The predicted octanol–water partition coefficient (Wildman–Crippen LogP) is 8.06. The number of rotatable bonds is 8. The van der Waals surface area contributed by atoms with Crippen LogP contribution in [-0.4, -0.2) is 36.9 Å². The van der Waals surface area contributed by atoms with Gasteiger partial charge in [-0.05, 0) is 37.1 Å². The monoisotopic (exact) mass is 560 g/mol. The van der Waals surface area contributed by atoms with Crippen LogP contribution in [0.4, 0.5) is 0 Å². The number of hydrogen-bond acceptors (Lipinski definition) is 4. The van der Waals surface area contributed by atoms with Crippen LogP contribution in [0.3, 0.4) is 0 Å². The fourth-order valence-corrected chi connectivity index (χ4v) is 11.4. The van der Waals surface area contributed by atoms with Crippen LogP contribution in [0.15, 0.2) is 24.3 Å². The lowest BCUT2D eigenvalue weighted by Crippen LogP contribution is -2.38. The molecule has 200 valence electrons. The molecule has 0 heterocycles. The van der Waals surface area contributed by atoms with Gasteiger partial charge >= 0.3 is 0 Å². The second-order valence-corrected chi connectivity index (χ2v) is 25.4. The molecule has 2 atom stereocenters. The zero-order valence-electron chi connectivity index (χ0n) is 23.8. The predicted molar refractivity (Wildman–Crippen MR) is 170 cm³/mol. The van der Waals surface area contributed by atoms with Gasteiger partial charge in [0, 0.05) is 33.1 Å². The van der Waals surface area contributed by atoms with Crippen molar-refractivity contribution in [3.63, 3.8) is 0 Å². The second kappa shape index (κ2) is 12.4. The molecule has 2 aromatic carbocycles. The number of benzene rings is 2. The number of hydrogen-bond donors (Lipinski definition) is 2. The van der Waals surface area contributed by atoms with Gasteiger partial charge in [0.25, 0.3) is 0 Å². The zero-order chi connectivity index (χ0) is 26.7. The standard InChI is InChI=1S/C30H48O2S2Si2/c1-21-15-23(29(31)27(17-21)35(3,4)5)19-33-25-13-11-9-10-12-14-26(25)34-20-24-16-22(2)18-28(30(24)32)36(6,7)8/h15-18,25-26,31-32H,9-14,19-20H2,1-8H3/t25-,26-/m1/s1. The van der Waals surface area contributed by atoms with Gasteiger partial charge in [-0.1, -0.05) is 100 Å². The van der Waals surface area contributed by atoms with Crippen LogP contribution < -0.4 is 10.4 Å². The lowest BCUT2D eigenvalue weighted by Gasteiger charge is -2.30. The van der Waals surface area contributed by atoms with Crippen LogP contribution >= 0.6 is 23.5 Å². The lowest BCUT2D eigenvalue weighted by atomic mass is 10.00. The highest BCUT2D eigenvalue weighted by Gasteiger charge is 2.28. The fraction of sp³-hybridized carbons (Fsp3) is 0.600. The van der Waals surface area contributed by atoms with Gasteiger partial charge in [-0.15, -0.1) is 0 Å². The van der Waals surface area contributed by atoms with Crippen molar-refractivity contribution in [2.24, 2.45) is 0 Å². The number of aromatic hydroxyl groups is 2. The van der Waals surface area contributed by atoms with Crippen molar-refractivity contribution < 1.29 is 10.2 Å². The SMILES string of the molecule is Cc1cc(CS[C@@H]2CCCCCC[C@H]2SCc2cc(C)cc([Si](C)(C)C)c2O)c(O)c([Si](C)(C)C)c1. The van der Waals surface area contributed by atoms with Gasteiger partial charge in [-0.2, -0.15) is 23.5 Å². The van der Waals surface area contributed by atoms with Crippen molar-refractivity contribution >= 4 is 50.0 Å². The molecule has 6 heteroatoms. The first-order valence-corrected chi connectivity index (χ1v) is 22.8. The Kier molecular flexibility index (Phi) is 10.2. The van der Waals surface area contributed by atoms with Crippen LogP contribution in [0.25, 0.3) is 0 Å².